The van der Waals surface area contributed by atoms with Gasteiger partial charge in [0, 0.05) is 47.6 Å². The number of furan rings is 1. The maximum absolute atomic E-state index is 6.38. The van der Waals surface area contributed by atoms with Gasteiger partial charge in [0.15, 0.2) is 17.5 Å². The van der Waals surface area contributed by atoms with Crippen molar-refractivity contribution in [1.29, 1.82) is 0 Å². The molecule has 4 nitrogen and oxygen atoms in total. The van der Waals surface area contributed by atoms with Crippen LogP contribution in [0.1, 0.15) is 0 Å². The summed E-state index contributed by atoms with van der Waals surface area (Å²) in [6.45, 7) is 0. The number of fused-ring (bicyclic) bond motifs is 6. The highest BCUT2D eigenvalue weighted by Gasteiger charge is 2.21. The second-order valence-electron chi connectivity index (χ2n) is 12.4. The summed E-state index contributed by atoms with van der Waals surface area (Å²) < 4.78 is 8.94. The van der Waals surface area contributed by atoms with Crippen LogP contribution in [0.5, 0.6) is 0 Å². The maximum atomic E-state index is 6.38. The van der Waals surface area contributed by atoms with Crippen LogP contribution < -0.4 is 0 Å². The van der Waals surface area contributed by atoms with E-state index in [1.807, 2.05) is 90.2 Å². The van der Waals surface area contributed by atoms with Crippen molar-refractivity contribution in [2.75, 3.05) is 0 Å². The number of thiophene rings is 1. The van der Waals surface area contributed by atoms with Crippen LogP contribution in [0.25, 0.3) is 98.5 Å². The standard InChI is InChI=1S/C45H27N3OS/c1-3-13-28(14-4-1)43-46-44(29-15-5-2-6-16-29)48-45(47-43)35-26-25-30(31-19-11-21-34-32-17-8-10-24-40(32)50-42(31)34)27-37(35)33-20-12-23-39-41(33)36-18-7-9-22-38(36)49-39/h1-27H. The first kappa shape index (κ1) is 28.6. The number of rotatable bonds is 5. The average molecular weight is 658 g/mol. The van der Waals surface area contributed by atoms with Gasteiger partial charge < -0.3 is 4.42 Å². The van der Waals surface area contributed by atoms with Crippen molar-refractivity contribution < 1.29 is 4.42 Å². The topological polar surface area (TPSA) is 51.8 Å². The number of para-hydroxylation sites is 1. The summed E-state index contributed by atoms with van der Waals surface area (Å²) >= 11 is 1.84. The normalized spacial score (nSPS) is 11.6. The van der Waals surface area contributed by atoms with Gasteiger partial charge in [-0.1, -0.05) is 133 Å². The Balaban J connectivity index is 1.27. The quantitative estimate of drug-likeness (QED) is 0.185. The zero-order valence-electron chi connectivity index (χ0n) is 26.7. The van der Waals surface area contributed by atoms with E-state index < -0.39 is 0 Å². The molecule has 0 amide bonds. The van der Waals surface area contributed by atoms with Gasteiger partial charge in [-0.25, -0.2) is 15.0 Å². The summed E-state index contributed by atoms with van der Waals surface area (Å²) in [6, 6.07) is 56.8. The highest BCUT2D eigenvalue weighted by Crippen LogP contribution is 2.44. The van der Waals surface area contributed by atoms with E-state index in [1.165, 1.54) is 25.7 Å². The van der Waals surface area contributed by atoms with Crippen LogP contribution >= 0.6 is 11.3 Å². The molecule has 50 heavy (non-hydrogen) atoms. The van der Waals surface area contributed by atoms with Crippen LogP contribution in [0.3, 0.4) is 0 Å². The highest BCUT2D eigenvalue weighted by molar-refractivity contribution is 7.26. The summed E-state index contributed by atoms with van der Waals surface area (Å²) in [5.74, 6) is 1.88. The number of benzene rings is 7. The first-order valence-electron chi connectivity index (χ1n) is 16.6. The monoisotopic (exact) mass is 657 g/mol. The van der Waals surface area contributed by atoms with E-state index in [0.717, 1.165) is 55.3 Å². The number of hydrogen-bond acceptors (Lipinski definition) is 5. The van der Waals surface area contributed by atoms with Crippen LogP contribution in [0, 0.1) is 0 Å². The lowest BCUT2D eigenvalue weighted by Crippen LogP contribution is -2.01. The number of nitrogens with zero attached hydrogens (tertiary/aromatic N) is 3. The second-order valence-corrected chi connectivity index (χ2v) is 13.4. The smallest absolute Gasteiger partial charge is 0.164 e. The fraction of sp³-hybridized carbons (Fsp3) is 0. The van der Waals surface area contributed by atoms with Gasteiger partial charge >= 0.3 is 0 Å². The highest BCUT2D eigenvalue weighted by atomic mass is 32.1. The minimum atomic E-state index is 0.615. The third-order valence-corrected chi connectivity index (χ3v) is 10.6. The summed E-state index contributed by atoms with van der Waals surface area (Å²) in [4.78, 5) is 15.3. The van der Waals surface area contributed by atoms with E-state index in [2.05, 4.69) is 84.9 Å². The third-order valence-electron chi connectivity index (χ3n) is 9.37. The van der Waals surface area contributed by atoms with Crippen molar-refractivity contribution >= 4 is 53.4 Å². The van der Waals surface area contributed by atoms with Gasteiger partial charge in [0.05, 0.1) is 0 Å². The largest absolute Gasteiger partial charge is 0.456 e. The summed E-state index contributed by atoms with van der Waals surface area (Å²) in [5.41, 5.74) is 8.93. The van der Waals surface area contributed by atoms with Crippen LogP contribution in [0.15, 0.2) is 168 Å². The van der Waals surface area contributed by atoms with Gasteiger partial charge in [0.1, 0.15) is 11.2 Å². The first-order valence-corrected chi connectivity index (χ1v) is 17.4. The second kappa shape index (κ2) is 11.6. The molecule has 0 saturated carbocycles. The Labute approximate surface area is 292 Å². The molecular formula is C45H27N3OS. The van der Waals surface area contributed by atoms with E-state index in [-0.39, 0.29) is 0 Å². The summed E-state index contributed by atoms with van der Waals surface area (Å²) in [6.07, 6.45) is 0. The molecule has 0 N–H and O–H groups in total. The molecule has 3 heterocycles. The Morgan fingerprint density at radius 3 is 1.76 bits per heavy atom. The van der Waals surface area contributed by atoms with E-state index in [4.69, 9.17) is 19.4 Å². The Bertz CT molecular complexity index is 2820. The van der Waals surface area contributed by atoms with Crippen molar-refractivity contribution in [1.82, 2.24) is 15.0 Å². The lowest BCUT2D eigenvalue weighted by molar-refractivity contribution is 0.669. The van der Waals surface area contributed by atoms with Crippen LogP contribution in [0.4, 0.5) is 0 Å². The molecule has 5 heteroatoms. The van der Waals surface area contributed by atoms with Crippen LogP contribution in [-0.2, 0) is 0 Å². The van der Waals surface area contributed by atoms with E-state index in [0.29, 0.717) is 17.5 Å². The molecule has 234 valence electrons. The van der Waals surface area contributed by atoms with Crippen molar-refractivity contribution in [2.24, 2.45) is 0 Å². The van der Waals surface area contributed by atoms with Crippen molar-refractivity contribution in [3.8, 4) is 56.4 Å². The molecule has 10 rings (SSSR count). The zero-order valence-corrected chi connectivity index (χ0v) is 27.6. The molecule has 0 aliphatic carbocycles. The molecule has 7 aromatic carbocycles. The summed E-state index contributed by atoms with van der Waals surface area (Å²) in [7, 11) is 0. The van der Waals surface area contributed by atoms with Gasteiger partial charge in [0.25, 0.3) is 0 Å². The van der Waals surface area contributed by atoms with Gasteiger partial charge in [-0.2, -0.15) is 0 Å². The van der Waals surface area contributed by atoms with Gasteiger partial charge in [-0.3, -0.25) is 0 Å². The zero-order chi connectivity index (χ0) is 33.0. The third kappa shape index (κ3) is 4.71. The van der Waals surface area contributed by atoms with Gasteiger partial charge in [-0.15, -0.1) is 11.3 Å². The summed E-state index contributed by atoms with van der Waals surface area (Å²) in [5, 5.41) is 4.70. The molecule has 0 spiro atoms. The van der Waals surface area contributed by atoms with Crippen molar-refractivity contribution in [3.05, 3.63) is 164 Å². The van der Waals surface area contributed by atoms with E-state index in [9.17, 15) is 0 Å². The fourth-order valence-corrected chi connectivity index (χ4v) is 8.27. The molecule has 0 atom stereocenters. The molecule has 0 unspecified atom stereocenters. The Morgan fingerprint density at radius 2 is 0.980 bits per heavy atom. The van der Waals surface area contributed by atoms with Crippen molar-refractivity contribution in [2.45, 2.75) is 0 Å². The maximum Gasteiger partial charge on any atom is 0.164 e. The molecule has 0 fully saturated rings. The van der Waals surface area contributed by atoms with Crippen LogP contribution in [0.2, 0.25) is 0 Å². The molecule has 0 aliphatic heterocycles. The van der Waals surface area contributed by atoms with Crippen molar-refractivity contribution in [3.63, 3.8) is 0 Å². The lowest BCUT2D eigenvalue weighted by Gasteiger charge is -2.15. The van der Waals surface area contributed by atoms with Gasteiger partial charge in [-0.05, 0) is 52.6 Å². The number of aromatic nitrogens is 3. The minimum absolute atomic E-state index is 0.615. The molecule has 0 aliphatic rings. The molecule has 0 saturated heterocycles. The number of hydrogen-bond donors (Lipinski definition) is 0. The predicted molar refractivity (Wildman–Crippen MR) is 207 cm³/mol. The molecule has 3 aromatic heterocycles. The first-order chi connectivity index (χ1) is 24.8. The molecule has 0 radical (unpaired) electrons. The fourth-order valence-electron chi connectivity index (χ4n) is 7.03. The van der Waals surface area contributed by atoms with Gasteiger partial charge in [0.2, 0.25) is 0 Å². The predicted octanol–water partition coefficient (Wildman–Crippen LogP) is 12.5. The van der Waals surface area contributed by atoms with E-state index in [1.54, 1.807) is 0 Å². The van der Waals surface area contributed by atoms with E-state index >= 15 is 0 Å². The van der Waals surface area contributed by atoms with Crippen LogP contribution in [-0.4, -0.2) is 15.0 Å². The molecule has 0 bridgehead atoms. The lowest BCUT2D eigenvalue weighted by atomic mass is 9.91. The Morgan fingerprint density at radius 1 is 0.380 bits per heavy atom. The SMILES string of the molecule is c1ccc(-c2nc(-c3ccccc3)nc(-c3ccc(-c4cccc5c4sc4ccccc45)cc3-c3cccc4oc5ccccc5c34)n2)cc1. The molecule has 10 aromatic rings. The Kier molecular flexibility index (Phi) is 6.64. The average Bonchev–Trinajstić information content (AvgIpc) is 3.77. The minimum Gasteiger partial charge on any atom is -0.456 e. The molecular weight excluding hydrogens is 631 g/mol. The Hall–Kier alpha value is -6.43.